The molecule has 1 saturated heterocycles. The van der Waals surface area contributed by atoms with E-state index in [0.717, 1.165) is 17.0 Å². The molecule has 1 fully saturated rings. The van der Waals surface area contributed by atoms with E-state index in [0.29, 0.717) is 25.2 Å². The number of aliphatic imine (C=N–C) groups is 1. The predicted molar refractivity (Wildman–Crippen MR) is 104 cm³/mol. The summed E-state index contributed by atoms with van der Waals surface area (Å²) in [5, 5.41) is 2.84. The number of nitrogens with two attached hydrogens (primary N) is 1. The second-order valence-electron chi connectivity index (χ2n) is 7.75. The zero-order valence-electron chi connectivity index (χ0n) is 16.0. The number of rotatable bonds is 1. The normalized spacial score (nSPS) is 22.2. The number of nitrogens with one attached hydrogen (secondary N) is 1. The van der Waals surface area contributed by atoms with Crippen molar-refractivity contribution in [3.63, 3.8) is 0 Å². The highest BCUT2D eigenvalue weighted by Crippen LogP contribution is 2.29. The molecule has 0 radical (unpaired) electrons. The maximum atomic E-state index is 12.7. The minimum absolute atomic E-state index is 0.0990. The molecule has 0 bridgehead atoms. The Morgan fingerprint density at radius 1 is 1.30 bits per heavy atom. The van der Waals surface area contributed by atoms with E-state index in [4.69, 9.17) is 15.5 Å². The molecule has 0 spiro atoms. The lowest BCUT2D eigenvalue weighted by atomic mass is 9.91. The summed E-state index contributed by atoms with van der Waals surface area (Å²) in [5.74, 6) is -0.155. The van der Waals surface area contributed by atoms with Gasteiger partial charge in [0.2, 0.25) is 5.91 Å². The number of ether oxygens (including phenoxy) is 1. The molecule has 2 aliphatic heterocycles. The summed E-state index contributed by atoms with van der Waals surface area (Å²) < 4.78 is 5.55. The molecule has 1 aromatic rings. The van der Waals surface area contributed by atoms with Crippen molar-refractivity contribution in [1.82, 2.24) is 10.2 Å². The third-order valence-corrected chi connectivity index (χ3v) is 4.45. The number of para-hydroxylation sites is 1. The summed E-state index contributed by atoms with van der Waals surface area (Å²) in [6.07, 6.45) is 0.240. The molecular weight excluding hydrogens is 344 g/mol. The Balaban J connectivity index is 1.98. The Morgan fingerprint density at radius 3 is 2.67 bits per heavy atom. The maximum Gasteiger partial charge on any atom is 0.410 e. The van der Waals surface area contributed by atoms with Gasteiger partial charge in [-0.25, -0.2) is 4.79 Å². The Hall–Kier alpha value is -2.83. The van der Waals surface area contributed by atoms with Crippen molar-refractivity contribution in [3.05, 3.63) is 41.6 Å². The van der Waals surface area contributed by atoms with Gasteiger partial charge in [0.1, 0.15) is 5.60 Å². The Bertz CT molecular complexity index is 793. The maximum absolute atomic E-state index is 12.7. The number of piperidine rings is 1. The summed E-state index contributed by atoms with van der Waals surface area (Å²) in [4.78, 5) is 31.1. The van der Waals surface area contributed by atoms with Crippen LogP contribution in [0.4, 0.5) is 10.5 Å². The second-order valence-corrected chi connectivity index (χ2v) is 7.75. The Kier molecular flexibility index (Phi) is 5.21. The third kappa shape index (κ3) is 4.48. The van der Waals surface area contributed by atoms with E-state index >= 15 is 0 Å². The first-order valence-corrected chi connectivity index (χ1v) is 9.12. The fourth-order valence-corrected chi connectivity index (χ4v) is 3.33. The van der Waals surface area contributed by atoms with Crippen LogP contribution in [0.3, 0.4) is 0 Å². The van der Waals surface area contributed by atoms with E-state index < -0.39 is 11.7 Å². The number of amides is 2. The highest BCUT2D eigenvalue weighted by Gasteiger charge is 2.39. The summed E-state index contributed by atoms with van der Waals surface area (Å²) in [7, 11) is 0. The van der Waals surface area contributed by atoms with Gasteiger partial charge in [-0.05, 0) is 32.9 Å². The summed E-state index contributed by atoms with van der Waals surface area (Å²) in [5.41, 5.74) is 8.53. The average Bonchev–Trinajstić information content (AvgIpc) is 2.73. The summed E-state index contributed by atoms with van der Waals surface area (Å²) in [6, 6.07) is 9.21. The molecule has 2 amide bonds. The topological polar surface area (TPSA) is 97.0 Å². The van der Waals surface area contributed by atoms with Crippen molar-refractivity contribution in [2.75, 3.05) is 13.1 Å². The summed E-state index contributed by atoms with van der Waals surface area (Å²) >= 11 is 0. The number of hydrogen-bond acceptors (Lipinski definition) is 5. The molecule has 7 nitrogen and oxygen atoms in total. The van der Waals surface area contributed by atoms with E-state index in [-0.39, 0.29) is 18.4 Å². The highest BCUT2D eigenvalue weighted by molar-refractivity contribution is 6.05. The first kappa shape index (κ1) is 18.9. The number of fused-ring (bicyclic) bond motifs is 1. The monoisotopic (exact) mass is 370 g/mol. The van der Waals surface area contributed by atoms with Crippen molar-refractivity contribution >= 4 is 23.4 Å². The number of benzene rings is 1. The van der Waals surface area contributed by atoms with Gasteiger partial charge in [-0.15, -0.1) is 0 Å². The molecule has 2 aliphatic rings. The van der Waals surface area contributed by atoms with Gasteiger partial charge < -0.3 is 15.8 Å². The lowest BCUT2D eigenvalue weighted by Crippen LogP contribution is -2.53. The van der Waals surface area contributed by atoms with Crippen LogP contribution in [-0.2, 0) is 9.53 Å². The van der Waals surface area contributed by atoms with Crippen molar-refractivity contribution in [2.45, 2.75) is 45.3 Å². The van der Waals surface area contributed by atoms with Gasteiger partial charge in [0.05, 0.1) is 18.2 Å². The highest BCUT2D eigenvalue weighted by atomic mass is 16.6. The SMILES string of the molecule is CC(C)(C)OC(=O)N1CCC(=Nc2ccccc2)C2=C(N)CC(=O)NCC21. The molecule has 0 saturated carbocycles. The van der Waals surface area contributed by atoms with Gasteiger partial charge >= 0.3 is 6.09 Å². The lowest BCUT2D eigenvalue weighted by Gasteiger charge is -2.38. The zero-order valence-corrected chi connectivity index (χ0v) is 16.0. The van der Waals surface area contributed by atoms with E-state index in [1.165, 1.54) is 0 Å². The molecular formula is C20H26N4O3. The van der Waals surface area contributed by atoms with Gasteiger partial charge in [-0.3, -0.25) is 14.7 Å². The zero-order chi connectivity index (χ0) is 19.6. The van der Waals surface area contributed by atoms with Crippen LogP contribution in [0.5, 0.6) is 0 Å². The minimum Gasteiger partial charge on any atom is -0.444 e. The molecule has 27 heavy (non-hydrogen) atoms. The standard InChI is InChI=1S/C20H26N4O3/c1-20(2,3)27-19(26)24-10-9-15(23-13-7-5-4-6-8-13)18-14(21)11-17(25)22-12-16(18)24/h4-8,16H,9-12,21H2,1-3H3,(H,22,25). The van der Waals surface area contributed by atoms with Gasteiger partial charge in [0.25, 0.3) is 0 Å². The number of hydrogen-bond donors (Lipinski definition) is 2. The number of carbonyl (C=O) groups is 2. The molecule has 2 heterocycles. The molecule has 1 aromatic carbocycles. The first-order chi connectivity index (χ1) is 12.7. The molecule has 0 aromatic heterocycles. The van der Waals surface area contributed by atoms with E-state index in [1.807, 2.05) is 51.1 Å². The molecule has 7 heteroatoms. The molecule has 3 rings (SSSR count). The van der Waals surface area contributed by atoms with E-state index in [9.17, 15) is 9.59 Å². The fourth-order valence-electron chi connectivity index (χ4n) is 3.33. The number of carbonyl (C=O) groups excluding carboxylic acids is 2. The van der Waals surface area contributed by atoms with Crippen molar-refractivity contribution in [2.24, 2.45) is 10.7 Å². The van der Waals surface area contributed by atoms with Gasteiger partial charge in [-0.1, -0.05) is 18.2 Å². The van der Waals surface area contributed by atoms with Gasteiger partial charge in [0.15, 0.2) is 0 Å². The van der Waals surface area contributed by atoms with Crippen molar-refractivity contribution < 1.29 is 14.3 Å². The van der Waals surface area contributed by atoms with Crippen LogP contribution in [0.2, 0.25) is 0 Å². The van der Waals surface area contributed by atoms with Crippen LogP contribution in [0.1, 0.15) is 33.6 Å². The largest absolute Gasteiger partial charge is 0.444 e. The Morgan fingerprint density at radius 2 is 2.00 bits per heavy atom. The van der Waals surface area contributed by atoms with Crippen LogP contribution in [-0.4, -0.2) is 47.3 Å². The van der Waals surface area contributed by atoms with Crippen molar-refractivity contribution in [3.8, 4) is 0 Å². The first-order valence-electron chi connectivity index (χ1n) is 9.12. The van der Waals surface area contributed by atoms with Crippen LogP contribution in [0.25, 0.3) is 0 Å². The lowest BCUT2D eigenvalue weighted by molar-refractivity contribution is -0.120. The van der Waals surface area contributed by atoms with Crippen LogP contribution in [0.15, 0.2) is 46.6 Å². The third-order valence-electron chi connectivity index (χ3n) is 4.45. The summed E-state index contributed by atoms with van der Waals surface area (Å²) in [6.45, 7) is 6.24. The minimum atomic E-state index is -0.598. The molecule has 144 valence electrons. The molecule has 1 atom stereocenters. The van der Waals surface area contributed by atoms with Gasteiger partial charge in [0, 0.05) is 36.5 Å². The van der Waals surface area contributed by atoms with E-state index in [2.05, 4.69) is 5.32 Å². The Labute approximate surface area is 159 Å². The van der Waals surface area contributed by atoms with Crippen LogP contribution >= 0.6 is 0 Å². The van der Waals surface area contributed by atoms with Gasteiger partial charge in [-0.2, -0.15) is 0 Å². The quantitative estimate of drug-likeness (QED) is 0.794. The number of likely N-dealkylation sites (tertiary alicyclic amines) is 1. The molecule has 3 N–H and O–H groups in total. The average molecular weight is 370 g/mol. The predicted octanol–water partition coefficient (Wildman–Crippen LogP) is 2.50. The van der Waals surface area contributed by atoms with Crippen LogP contribution in [0, 0.1) is 0 Å². The molecule has 0 aliphatic carbocycles. The fraction of sp³-hybridized carbons (Fsp3) is 0.450. The van der Waals surface area contributed by atoms with Crippen LogP contribution < -0.4 is 11.1 Å². The molecule has 1 unspecified atom stereocenters. The smallest absolute Gasteiger partial charge is 0.410 e. The van der Waals surface area contributed by atoms with Crippen molar-refractivity contribution in [1.29, 1.82) is 0 Å². The number of nitrogens with zero attached hydrogens (tertiary/aromatic N) is 2. The second kappa shape index (κ2) is 7.42. The van der Waals surface area contributed by atoms with E-state index in [1.54, 1.807) is 4.90 Å².